The van der Waals surface area contributed by atoms with E-state index in [1.165, 1.54) is 18.2 Å². The number of rotatable bonds is 5. The van der Waals surface area contributed by atoms with Gasteiger partial charge in [0.2, 0.25) is 0 Å². The number of carbonyl (C=O) groups excluding carboxylic acids is 1. The van der Waals surface area contributed by atoms with Gasteiger partial charge in [0, 0.05) is 25.2 Å². The summed E-state index contributed by atoms with van der Waals surface area (Å²) in [6.45, 7) is 4.26. The maximum Gasteiger partial charge on any atom is 0.299 e. The Labute approximate surface area is 200 Å². The Morgan fingerprint density at radius 2 is 2.00 bits per heavy atom. The molecule has 0 saturated carbocycles. The van der Waals surface area contributed by atoms with Crippen LogP contribution in [0.1, 0.15) is 27.9 Å². The molecule has 2 aliphatic heterocycles. The average molecular weight is 470 g/mol. The quantitative estimate of drug-likeness (QED) is 0.461. The van der Waals surface area contributed by atoms with E-state index in [4.69, 9.17) is 14.1 Å². The molecule has 1 unspecified atom stereocenters. The Morgan fingerprint density at radius 1 is 1.14 bits per heavy atom. The number of benzene rings is 2. The second-order valence-electron chi connectivity index (χ2n) is 8.42. The van der Waals surface area contributed by atoms with E-state index in [-0.39, 0.29) is 5.69 Å². The second kappa shape index (κ2) is 9.24. The summed E-state index contributed by atoms with van der Waals surface area (Å²) < 4.78 is 10.9. The van der Waals surface area contributed by atoms with Crippen molar-refractivity contribution in [1.29, 1.82) is 0 Å². The second-order valence-corrected chi connectivity index (χ2v) is 8.42. The smallest absolute Gasteiger partial charge is 0.299 e. The molecule has 2 N–H and O–H groups in total. The number of aromatic amines is 1. The maximum absolute atomic E-state index is 13.0. The third kappa shape index (κ3) is 4.36. The molecule has 1 fully saturated rings. The molecular weight excluding hydrogens is 446 g/mol. The number of aromatic nitrogens is 3. The monoisotopic (exact) mass is 469 g/mol. The summed E-state index contributed by atoms with van der Waals surface area (Å²) >= 11 is 0. The van der Waals surface area contributed by atoms with E-state index in [0.29, 0.717) is 17.3 Å². The molecule has 176 valence electrons. The highest BCUT2D eigenvalue weighted by atomic mass is 16.5. The van der Waals surface area contributed by atoms with Gasteiger partial charge < -0.3 is 14.1 Å². The minimum absolute atomic E-state index is 0.153. The van der Waals surface area contributed by atoms with E-state index < -0.39 is 11.9 Å². The molecule has 35 heavy (non-hydrogen) atoms. The first-order valence-corrected chi connectivity index (χ1v) is 11.4. The molecule has 2 aliphatic rings. The molecule has 0 bridgehead atoms. The number of hydrogen-bond acceptors (Lipinski definition) is 8. The number of oxazole rings is 1. The molecule has 0 radical (unpaired) electrons. The zero-order valence-electron chi connectivity index (χ0n) is 18.8. The highest BCUT2D eigenvalue weighted by molar-refractivity contribution is 6.36. The van der Waals surface area contributed by atoms with Gasteiger partial charge in [-0.05, 0) is 17.7 Å². The minimum atomic E-state index is -0.503. The number of H-pyrrole nitrogens is 1. The Morgan fingerprint density at radius 3 is 2.86 bits per heavy atom. The lowest BCUT2D eigenvalue weighted by Crippen LogP contribution is -2.35. The van der Waals surface area contributed by atoms with E-state index in [2.05, 4.69) is 42.5 Å². The number of morpholine rings is 1. The molecule has 2 aromatic heterocycles. The topological polar surface area (TPSA) is 121 Å². The van der Waals surface area contributed by atoms with Crippen LogP contribution in [0.3, 0.4) is 0 Å². The molecule has 10 nitrogen and oxygen atoms in total. The van der Waals surface area contributed by atoms with Gasteiger partial charge in [0.1, 0.15) is 11.9 Å². The van der Waals surface area contributed by atoms with Gasteiger partial charge >= 0.3 is 0 Å². The summed E-state index contributed by atoms with van der Waals surface area (Å²) in [6, 6.07) is 15.1. The lowest BCUT2D eigenvalue weighted by Gasteiger charge is -2.26. The molecular formula is C25H23N7O3. The van der Waals surface area contributed by atoms with Crippen molar-refractivity contribution in [3.05, 3.63) is 72.0 Å². The fourth-order valence-electron chi connectivity index (χ4n) is 4.31. The van der Waals surface area contributed by atoms with E-state index in [1.54, 1.807) is 0 Å². The predicted octanol–water partition coefficient (Wildman–Crippen LogP) is 2.96. The number of nitrogens with zero attached hydrogens (tertiary/aromatic N) is 5. The Balaban J connectivity index is 1.24. The summed E-state index contributed by atoms with van der Waals surface area (Å²) in [5, 5.41) is 4.12. The number of hydrazone groups is 1. The van der Waals surface area contributed by atoms with E-state index in [0.717, 1.165) is 49.4 Å². The normalized spacial score (nSPS) is 19.4. The van der Waals surface area contributed by atoms with Crippen LogP contribution in [0.5, 0.6) is 0 Å². The predicted molar refractivity (Wildman–Crippen MR) is 130 cm³/mol. The number of nitrogens with one attached hydrogen (secondary N) is 2. The van der Waals surface area contributed by atoms with Crippen LogP contribution >= 0.6 is 0 Å². The van der Waals surface area contributed by atoms with E-state index in [1.807, 2.05) is 36.4 Å². The molecule has 1 amide bonds. The largest absolute Gasteiger partial charge is 0.443 e. The van der Waals surface area contributed by atoms with E-state index >= 15 is 0 Å². The van der Waals surface area contributed by atoms with Crippen molar-refractivity contribution in [2.24, 2.45) is 10.1 Å². The average Bonchev–Trinajstić information content (AvgIpc) is 3.64. The maximum atomic E-state index is 13.0. The summed E-state index contributed by atoms with van der Waals surface area (Å²) in [6.07, 6.45) is 2.78. The Hall–Kier alpha value is -4.15. The van der Waals surface area contributed by atoms with Crippen molar-refractivity contribution >= 4 is 28.9 Å². The number of aliphatic imine (C=N–C) groups is 1. The fourth-order valence-corrected chi connectivity index (χ4v) is 4.31. The highest BCUT2D eigenvalue weighted by Gasteiger charge is 2.27. The van der Waals surface area contributed by atoms with Crippen molar-refractivity contribution in [3.8, 4) is 11.3 Å². The Kier molecular flexibility index (Phi) is 5.65. The van der Waals surface area contributed by atoms with Crippen LogP contribution in [0.4, 0.5) is 0 Å². The van der Waals surface area contributed by atoms with Gasteiger partial charge in [0.15, 0.2) is 17.8 Å². The van der Waals surface area contributed by atoms with Crippen LogP contribution in [-0.4, -0.2) is 64.0 Å². The zero-order valence-corrected chi connectivity index (χ0v) is 18.8. The summed E-state index contributed by atoms with van der Waals surface area (Å²) in [5.41, 5.74) is 7.31. The number of hydrogen-bond donors (Lipinski definition) is 2. The van der Waals surface area contributed by atoms with Crippen LogP contribution in [0.15, 0.2) is 69.4 Å². The molecule has 2 aromatic carbocycles. The number of imidazole rings is 1. The van der Waals surface area contributed by atoms with Crippen LogP contribution in [0.25, 0.3) is 22.4 Å². The number of ether oxygens (including phenoxy) is 1. The van der Waals surface area contributed by atoms with Crippen LogP contribution in [0, 0.1) is 0 Å². The van der Waals surface area contributed by atoms with Crippen LogP contribution in [0.2, 0.25) is 0 Å². The molecule has 0 aliphatic carbocycles. The molecule has 4 heterocycles. The molecule has 0 spiro atoms. The third-order valence-corrected chi connectivity index (χ3v) is 6.08. The number of carbonyl (C=O) groups is 1. The Bertz CT molecular complexity index is 1420. The van der Waals surface area contributed by atoms with Crippen molar-refractivity contribution < 1.29 is 13.9 Å². The molecule has 6 rings (SSSR count). The van der Waals surface area contributed by atoms with Gasteiger partial charge in [0.25, 0.3) is 5.91 Å². The SMILES string of the molecule is O=C(N=C1C=NNC1c1nc2ccc(CN3CCOCC3)cc2[nH]1)c1ncoc1-c1ccccc1. The van der Waals surface area contributed by atoms with Gasteiger partial charge in [-0.1, -0.05) is 36.4 Å². The van der Waals surface area contributed by atoms with Crippen molar-refractivity contribution in [1.82, 2.24) is 25.3 Å². The minimum Gasteiger partial charge on any atom is -0.443 e. The van der Waals surface area contributed by atoms with Gasteiger partial charge in [-0.25, -0.2) is 15.0 Å². The van der Waals surface area contributed by atoms with Crippen molar-refractivity contribution in [3.63, 3.8) is 0 Å². The van der Waals surface area contributed by atoms with E-state index in [9.17, 15) is 4.79 Å². The standard InChI is InChI=1S/C25H23N7O3/c33-25(22-23(35-15-26-22)17-4-2-1-3-5-17)30-20-13-27-31-21(20)24-28-18-7-6-16(12-19(18)29-24)14-32-8-10-34-11-9-32/h1-7,12-13,15,21,31H,8-11,14H2,(H,28,29). The first-order valence-electron chi connectivity index (χ1n) is 11.4. The summed E-state index contributed by atoms with van der Waals surface area (Å²) in [7, 11) is 0. The lowest BCUT2D eigenvalue weighted by atomic mass is 10.1. The first kappa shape index (κ1) is 21.4. The third-order valence-electron chi connectivity index (χ3n) is 6.08. The van der Waals surface area contributed by atoms with Crippen LogP contribution in [-0.2, 0) is 11.3 Å². The van der Waals surface area contributed by atoms with Gasteiger partial charge in [-0.15, -0.1) is 0 Å². The van der Waals surface area contributed by atoms with Crippen molar-refractivity contribution in [2.45, 2.75) is 12.6 Å². The number of fused-ring (bicyclic) bond motifs is 1. The van der Waals surface area contributed by atoms with Gasteiger partial charge in [-0.2, -0.15) is 5.10 Å². The summed E-state index contributed by atoms with van der Waals surface area (Å²) in [4.78, 5) is 31.8. The van der Waals surface area contributed by atoms with Crippen LogP contribution < -0.4 is 5.43 Å². The molecule has 1 atom stereocenters. The van der Waals surface area contributed by atoms with Gasteiger partial charge in [-0.3, -0.25) is 15.1 Å². The summed E-state index contributed by atoms with van der Waals surface area (Å²) in [5.74, 6) is 0.517. The zero-order chi connectivity index (χ0) is 23.6. The van der Waals surface area contributed by atoms with Gasteiger partial charge in [0.05, 0.1) is 36.2 Å². The molecule has 10 heteroatoms. The molecule has 1 saturated heterocycles. The highest BCUT2D eigenvalue weighted by Crippen LogP contribution is 2.25. The fraction of sp³-hybridized carbons (Fsp3) is 0.240. The first-order chi connectivity index (χ1) is 17.2. The van der Waals surface area contributed by atoms with Crippen molar-refractivity contribution in [2.75, 3.05) is 26.3 Å². The lowest BCUT2D eigenvalue weighted by molar-refractivity contribution is 0.0342. The molecule has 4 aromatic rings. The number of amides is 1.